The molecule has 1 aromatic carbocycles. The summed E-state index contributed by atoms with van der Waals surface area (Å²) in [6, 6.07) is 5.14. The first-order valence-corrected chi connectivity index (χ1v) is 7.18. The highest BCUT2D eigenvalue weighted by molar-refractivity contribution is 5.95. The Morgan fingerprint density at radius 3 is 2.52 bits per heavy atom. The van der Waals surface area contributed by atoms with Gasteiger partial charge in [-0.15, -0.1) is 0 Å². The summed E-state index contributed by atoms with van der Waals surface area (Å²) < 4.78 is 5.64. The van der Waals surface area contributed by atoms with Gasteiger partial charge in [0.1, 0.15) is 5.75 Å². The molecule has 0 aliphatic rings. The Balaban J connectivity index is 2.61. The van der Waals surface area contributed by atoms with E-state index in [-0.39, 0.29) is 11.4 Å². The molecular weight excluding hydrogens is 266 g/mol. The fraction of sp³-hybridized carbons (Fsp3) is 0.562. The molecule has 0 unspecified atom stereocenters. The minimum absolute atomic E-state index is 0.131. The fourth-order valence-corrected chi connectivity index (χ4v) is 1.80. The van der Waals surface area contributed by atoms with Crippen LogP contribution in [-0.4, -0.2) is 43.6 Å². The molecule has 5 heteroatoms. The van der Waals surface area contributed by atoms with E-state index < -0.39 is 0 Å². The molecule has 0 saturated heterocycles. The van der Waals surface area contributed by atoms with Crippen LogP contribution in [0.5, 0.6) is 5.75 Å². The average molecular weight is 293 g/mol. The van der Waals surface area contributed by atoms with Gasteiger partial charge in [-0.2, -0.15) is 0 Å². The number of rotatable bonds is 6. The molecule has 0 fully saturated rings. The zero-order valence-corrected chi connectivity index (χ0v) is 13.7. The van der Waals surface area contributed by atoms with Crippen LogP contribution in [0.1, 0.15) is 37.6 Å². The first-order valence-electron chi connectivity index (χ1n) is 7.18. The third-order valence-corrected chi connectivity index (χ3v) is 2.77. The Bertz CT molecular complexity index is 479. The number of hydrogen-bond acceptors (Lipinski definition) is 4. The molecule has 0 saturated carbocycles. The molecular formula is C16H27N3O2. The lowest BCUT2D eigenvalue weighted by atomic mass is 10.1. The van der Waals surface area contributed by atoms with Crippen molar-refractivity contribution in [3.05, 3.63) is 23.8 Å². The van der Waals surface area contributed by atoms with Crippen LogP contribution in [0.15, 0.2) is 18.2 Å². The Morgan fingerprint density at radius 2 is 2.00 bits per heavy atom. The number of benzene rings is 1. The number of amides is 1. The largest absolute Gasteiger partial charge is 0.491 e. The van der Waals surface area contributed by atoms with Gasteiger partial charge in [-0.05, 0) is 59.5 Å². The van der Waals surface area contributed by atoms with E-state index in [1.54, 1.807) is 18.2 Å². The van der Waals surface area contributed by atoms with Crippen molar-refractivity contribution >= 4 is 11.6 Å². The summed E-state index contributed by atoms with van der Waals surface area (Å²) in [7, 11) is 4.05. The van der Waals surface area contributed by atoms with Gasteiger partial charge in [-0.3, -0.25) is 4.79 Å². The molecule has 0 aliphatic heterocycles. The molecule has 1 amide bonds. The molecule has 21 heavy (non-hydrogen) atoms. The Kier molecular flexibility index (Phi) is 6.03. The second-order valence-corrected chi connectivity index (χ2v) is 6.46. The number of nitrogen functional groups attached to an aromatic ring is 1. The highest BCUT2D eigenvalue weighted by Gasteiger charge is 2.16. The fourth-order valence-electron chi connectivity index (χ4n) is 1.80. The van der Waals surface area contributed by atoms with Gasteiger partial charge in [0.2, 0.25) is 0 Å². The minimum Gasteiger partial charge on any atom is -0.491 e. The number of anilines is 1. The molecule has 1 aromatic rings. The molecule has 0 atom stereocenters. The molecule has 0 bridgehead atoms. The maximum absolute atomic E-state index is 12.0. The van der Waals surface area contributed by atoms with Crippen LogP contribution in [0.4, 0.5) is 5.69 Å². The van der Waals surface area contributed by atoms with Gasteiger partial charge in [0, 0.05) is 17.6 Å². The summed E-state index contributed by atoms with van der Waals surface area (Å²) in [5.41, 5.74) is 6.71. The minimum atomic E-state index is -0.271. The summed E-state index contributed by atoms with van der Waals surface area (Å²) in [5.74, 6) is 0.495. The van der Waals surface area contributed by atoms with Crippen molar-refractivity contribution in [1.82, 2.24) is 10.2 Å². The first kappa shape index (κ1) is 17.3. The van der Waals surface area contributed by atoms with Crippen LogP contribution in [0.25, 0.3) is 0 Å². The van der Waals surface area contributed by atoms with Crippen LogP contribution >= 0.6 is 0 Å². The van der Waals surface area contributed by atoms with Crippen molar-refractivity contribution in [2.45, 2.75) is 32.7 Å². The van der Waals surface area contributed by atoms with E-state index in [1.165, 1.54) is 0 Å². The third kappa shape index (κ3) is 6.49. The van der Waals surface area contributed by atoms with E-state index in [0.29, 0.717) is 23.6 Å². The molecule has 5 nitrogen and oxygen atoms in total. The Morgan fingerprint density at radius 1 is 1.33 bits per heavy atom. The van der Waals surface area contributed by atoms with Crippen LogP contribution in [0, 0.1) is 0 Å². The zero-order valence-electron chi connectivity index (χ0n) is 13.7. The van der Waals surface area contributed by atoms with Crippen LogP contribution in [0.2, 0.25) is 0 Å². The predicted octanol–water partition coefficient (Wildman–Crippen LogP) is 2.13. The summed E-state index contributed by atoms with van der Waals surface area (Å²) in [6.07, 6.45) is 0.929. The van der Waals surface area contributed by atoms with Crippen molar-refractivity contribution in [2.24, 2.45) is 0 Å². The molecule has 3 N–H and O–H groups in total. The molecule has 0 spiro atoms. The Hall–Kier alpha value is -1.75. The van der Waals surface area contributed by atoms with Crippen molar-refractivity contribution in [2.75, 3.05) is 33.0 Å². The lowest BCUT2D eigenvalue weighted by Gasteiger charge is -2.20. The van der Waals surface area contributed by atoms with Crippen molar-refractivity contribution in [1.29, 1.82) is 0 Å². The second-order valence-electron chi connectivity index (χ2n) is 6.46. The van der Waals surface area contributed by atoms with Gasteiger partial charge in [0.05, 0.1) is 12.3 Å². The van der Waals surface area contributed by atoms with Gasteiger partial charge in [-0.1, -0.05) is 0 Å². The summed E-state index contributed by atoms with van der Waals surface area (Å²) in [4.78, 5) is 14.1. The molecule has 118 valence electrons. The molecule has 0 aliphatic carbocycles. The van der Waals surface area contributed by atoms with Crippen molar-refractivity contribution in [3.8, 4) is 5.75 Å². The number of carbonyl (C=O) groups excluding carboxylic acids is 1. The summed E-state index contributed by atoms with van der Waals surface area (Å²) >= 11 is 0. The summed E-state index contributed by atoms with van der Waals surface area (Å²) in [6.45, 7) is 7.39. The van der Waals surface area contributed by atoms with E-state index >= 15 is 0 Å². The van der Waals surface area contributed by atoms with Crippen LogP contribution in [0.3, 0.4) is 0 Å². The number of carbonyl (C=O) groups is 1. The monoisotopic (exact) mass is 293 g/mol. The lowest BCUT2D eigenvalue weighted by Crippen LogP contribution is -2.40. The quantitative estimate of drug-likeness (QED) is 0.623. The van der Waals surface area contributed by atoms with Crippen molar-refractivity contribution < 1.29 is 9.53 Å². The van der Waals surface area contributed by atoms with Gasteiger partial charge in [-0.25, -0.2) is 0 Å². The van der Waals surface area contributed by atoms with Gasteiger partial charge < -0.3 is 20.7 Å². The number of nitrogens with one attached hydrogen (secondary N) is 1. The highest BCUT2D eigenvalue weighted by atomic mass is 16.5. The number of hydrogen-bond donors (Lipinski definition) is 2. The SMILES string of the molecule is CN(C)CCCOc1ccc(C(=O)NC(C)(C)C)cc1N. The standard InChI is InChI=1S/C16H27N3O2/c1-16(2,3)18-15(20)12-7-8-14(13(17)11-12)21-10-6-9-19(4)5/h7-8,11H,6,9-10,17H2,1-5H3,(H,18,20). The van der Waals surface area contributed by atoms with Gasteiger partial charge >= 0.3 is 0 Å². The third-order valence-electron chi connectivity index (χ3n) is 2.77. The lowest BCUT2D eigenvalue weighted by molar-refractivity contribution is 0.0919. The van der Waals surface area contributed by atoms with Crippen LogP contribution < -0.4 is 15.8 Å². The maximum atomic E-state index is 12.0. The molecule has 1 rings (SSSR count). The smallest absolute Gasteiger partial charge is 0.251 e. The number of nitrogens with zero attached hydrogens (tertiary/aromatic N) is 1. The zero-order chi connectivity index (χ0) is 16.0. The highest BCUT2D eigenvalue weighted by Crippen LogP contribution is 2.23. The van der Waals surface area contributed by atoms with E-state index in [0.717, 1.165) is 13.0 Å². The van der Waals surface area contributed by atoms with E-state index in [4.69, 9.17) is 10.5 Å². The second kappa shape index (κ2) is 7.31. The average Bonchev–Trinajstić information content (AvgIpc) is 2.33. The normalized spacial score (nSPS) is 11.5. The Labute approximate surface area is 127 Å². The van der Waals surface area contributed by atoms with Gasteiger partial charge in [0.25, 0.3) is 5.91 Å². The molecule has 0 aromatic heterocycles. The maximum Gasteiger partial charge on any atom is 0.251 e. The van der Waals surface area contributed by atoms with Crippen molar-refractivity contribution in [3.63, 3.8) is 0 Å². The molecule has 0 heterocycles. The molecule has 0 radical (unpaired) electrons. The predicted molar refractivity (Wildman–Crippen MR) is 86.7 cm³/mol. The van der Waals surface area contributed by atoms with Gasteiger partial charge in [0.15, 0.2) is 0 Å². The number of nitrogens with two attached hydrogens (primary N) is 1. The van der Waals surface area contributed by atoms with E-state index in [1.807, 2.05) is 34.9 Å². The first-order chi connectivity index (χ1) is 9.69. The van der Waals surface area contributed by atoms with E-state index in [9.17, 15) is 4.79 Å². The summed E-state index contributed by atoms with van der Waals surface area (Å²) in [5, 5.41) is 2.91. The van der Waals surface area contributed by atoms with Crippen LogP contribution in [-0.2, 0) is 0 Å². The van der Waals surface area contributed by atoms with E-state index in [2.05, 4.69) is 10.2 Å². The number of ether oxygens (including phenoxy) is 1. The topological polar surface area (TPSA) is 67.6 Å².